The Bertz CT molecular complexity index is 385. The fourth-order valence-electron chi connectivity index (χ4n) is 1.40. The molecule has 0 radical (unpaired) electrons. The van der Waals surface area contributed by atoms with Gasteiger partial charge in [-0.05, 0) is 51.8 Å². The van der Waals surface area contributed by atoms with Crippen molar-refractivity contribution in [2.24, 2.45) is 5.41 Å². The van der Waals surface area contributed by atoms with E-state index in [0.29, 0.717) is 6.54 Å². The molecule has 0 aliphatic heterocycles. The molecule has 1 amide bonds. The first kappa shape index (κ1) is 15.1. The van der Waals surface area contributed by atoms with Crippen LogP contribution in [0.25, 0.3) is 0 Å². The zero-order chi connectivity index (χ0) is 13.1. The molecule has 0 aliphatic rings. The van der Waals surface area contributed by atoms with Gasteiger partial charge in [0, 0.05) is 29.5 Å². The molecule has 0 saturated heterocycles. The van der Waals surface area contributed by atoms with Gasteiger partial charge in [-0.2, -0.15) is 0 Å². The van der Waals surface area contributed by atoms with Crippen LogP contribution in [0.1, 0.15) is 18.7 Å². The van der Waals surface area contributed by atoms with Crippen molar-refractivity contribution in [1.82, 2.24) is 10.6 Å². The van der Waals surface area contributed by atoms with Crippen molar-refractivity contribution in [3.63, 3.8) is 0 Å². The Labute approximate surface area is 123 Å². The number of thiophene rings is 1. The van der Waals surface area contributed by atoms with Gasteiger partial charge < -0.3 is 10.6 Å². The average molecular weight is 384 g/mol. The van der Waals surface area contributed by atoms with Crippen LogP contribution in [0.4, 0.5) is 0 Å². The van der Waals surface area contributed by atoms with Crippen molar-refractivity contribution in [2.75, 3.05) is 13.6 Å². The van der Waals surface area contributed by atoms with Gasteiger partial charge in [0.1, 0.15) is 0 Å². The average Bonchev–Trinajstić information content (AvgIpc) is 2.57. The molecule has 1 aromatic heterocycles. The third kappa shape index (κ3) is 4.35. The van der Waals surface area contributed by atoms with Gasteiger partial charge in [-0.3, -0.25) is 4.79 Å². The second kappa shape index (κ2) is 6.31. The Balaban J connectivity index is 2.45. The van der Waals surface area contributed by atoms with E-state index in [1.54, 1.807) is 18.4 Å². The third-order valence-electron chi connectivity index (χ3n) is 2.40. The minimum Gasteiger partial charge on any atom is -0.359 e. The summed E-state index contributed by atoms with van der Waals surface area (Å²) in [6, 6.07) is 2.08. The van der Waals surface area contributed by atoms with E-state index < -0.39 is 0 Å². The third-order valence-corrected chi connectivity index (χ3v) is 5.66. The summed E-state index contributed by atoms with van der Waals surface area (Å²) in [5.41, 5.74) is -0.388. The van der Waals surface area contributed by atoms with E-state index in [1.807, 2.05) is 13.8 Å². The van der Waals surface area contributed by atoms with E-state index in [4.69, 9.17) is 0 Å². The topological polar surface area (TPSA) is 41.1 Å². The predicted molar refractivity (Wildman–Crippen MR) is 79.3 cm³/mol. The maximum atomic E-state index is 11.6. The summed E-state index contributed by atoms with van der Waals surface area (Å²) < 4.78 is 2.17. The van der Waals surface area contributed by atoms with Gasteiger partial charge in [-0.1, -0.05) is 0 Å². The van der Waals surface area contributed by atoms with Gasteiger partial charge in [-0.25, -0.2) is 0 Å². The highest BCUT2D eigenvalue weighted by molar-refractivity contribution is 9.13. The molecule has 1 aromatic rings. The Morgan fingerprint density at radius 1 is 1.47 bits per heavy atom. The van der Waals surface area contributed by atoms with Crippen LogP contribution in [0.15, 0.2) is 14.3 Å². The fourth-order valence-corrected chi connectivity index (χ4v) is 3.54. The summed E-state index contributed by atoms with van der Waals surface area (Å²) in [5, 5.41) is 5.98. The van der Waals surface area contributed by atoms with E-state index in [2.05, 4.69) is 48.6 Å². The first-order valence-electron chi connectivity index (χ1n) is 5.23. The second-order valence-corrected chi connectivity index (χ2v) is 7.71. The number of nitrogens with one attached hydrogen (secondary N) is 2. The Morgan fingerprint density at radius 2 is 2.12 bits per heavy atom. The molecule has 0 unspecified atom stereocenters. The van der Waals surface area contributed by atoms with Crippen LogP contribution in [-0.4, -0.2) is 19.5 Å². The number of rotatable bonds is 5. The lowest BCUT2D eigenvalue weighted by Crippen LogP contribution is -2.41. The van der Waals surface area contributed by atoms with Crippen LogP contribution in [0.3, 0.4) is 0 Å². The second-order valence-electron chi connectivity index (χ2n) is 4.40. The minimum atomic E-state index is -0.388. The summed E-state index contributed by atoms with van der Waals surface area (Å²) in [6.07, 6.45) is 0. The highest BCUT2D eigenvalue weighted by atomic mass is 79.9. The summed E-state index contributed by atoms with van der Waals surface area (Å²) >= 11 is 8.60. The van der Waals surface area contributed by atoms with E-state index in [1.165, 1.54) is 4.88 Å². The number of halogens is 2. The van der Waals surface area contributed by atoms with Gasteiger partial charge in [-0.15, -0.1) is 11.3 Å². The van der Waals surface area contributed by atoms with E-state index in [0.717, 1.165) is 14.8 Å². The van der Waals surface area contributed by atoms with Crippen molar-refractivity contribution in [1.29, 1.82) is 0 Å². The zero-order valence-electron chi connectivity index (χ0n) is 10.1. The Morgan fingerprint density at radius 3 is 2.59 bits per heavy atom. The molecular weight excluding hydrogens is 368 g/mol. The highest BCUT2D eigenvalue weighted by Crippen LogP contribution is 2.32. The first-order chi connectivity index (χ1) is 7.86. The normalized spacial score (nSPS) is 11.6. The smallest absolute Gasteiger partial charge is 0.226 e. The Kier molecular flexibility index (Phi) is 5.63. The number of carbonyl (C=O) groups is 1. The van der Waals surface area contributed by atoms with Crippen LogP contribution in [-0.2, 0) is 11.3 Å². The predicted octanol–water partition coefficient (Wildman–Crippen LogP) is 3.13. The van der Waals surface area contributed by atoms with Crippen LogP contribution < -0.4 is 10.6 Å². The van der Waals surface area contributed by atoms with E-state index in [9.17, 15) is 4.79 Å². The van der Waals surface area contributed by atoms with E-state index in [-0.39, 0.29) is 11.3 Å². The van der Waals surface area contributed by atoms with Gasteiger partial charge >= 0.3 is 0 Å². The monoisotopic (exact) mass is 382 g/mol. The molecule has 96 valence electrons. The maximum absolute atomic E-state index is 11.6. The number of amides is 1. The number of carbonyl (C=O) groups excluding carboxylic acids is 1. The van der Waals surface area contributed by atoms with Crippen LogP contribution in [0.5, 0.6) is 0 Å². The molecule has 0 bridgehead atoms. The van der Waals surface area contributed by atoms with Crippen molar-refractivity contribution >= 4 is 49.1 Å². The van der Waals surface area contributed by atoms with Crippen LogP contribution >= 0.6 is 43.2 Å². The molecule has 0 atom stereocenters. The standard InChI is InChI=1S/C11H16Br2N2OS/c1-11(2,10(16)14-3)6-15-5-7-4-8(12)9(13)17-7/h4,15H,5-6H2,1-3H3,(H,14,16). The largest absolute Gasteiger partial charge is 0.359 e. The van der Waals surface area contributed by atoms with Gasteiger partial charge in [0.05, 0.1) is 9.20 Å². The molecule has 2 N–H and O–H groups in total. The number of hydrogen-bond acceptors (Lipinski definition) is 3. The molecule has 1 heterocycles. The lowest BCUT2D eigenvalue weighted by atomic mass is 9.92. The summed E-state index contributed by atoms with van der Waals surface area (Å²) in [4.78, 5) is 12.8. The van der Waals surface area contributed by atoms with Gasteiger partial charge in [0.15, 0.2) is 0 Å². The van der Waals surface area contributed by atoms with Gasteiger partial charge in [0.2, 0.25) is 5.91 Å². The quantitative estimate of drug-likeness (QED) is 0.819. The molecule has 0 aliphatic carbocycles. The molecule has 17 heavy (non-hydrogen) atoms. The van der Waals surface area contributed by atoms with E-state index >= 15 is 0 Å². The molecule has 1 rings (SSSR count). The minimum absolute atomic E-state index is 0.0542. The molecule has 0 saturated carbocycles. The SMILES string of the molecule is CNC(=O)C(C)(C)CNCc1cc(Br)c(Br)s1. The Hall–Kier alpha value is 0.0900. The van der Waals surface area contributed by atoms with Crippen molar-refractivity contribution in [2.45, 2.75) is 20.4 Å². The molecule has 6 heteroatoms. The molecular formula is C11H16Br2N2OS. The molecule has 3 nitrogen and oxygen atoms in total. The molecule has 0 aromatic carbocycles. The summed E-state index contributed by atoms with van der Waals surface area (Å²) in [6.45, 7) is 5.28. The fraction of sp³-hybridized carbons (Fsp3) is 0.545. The molecule has 0 fully saturated rings. The lowest BCUT2D eigenvalue weighted by Gasteiger charge is -2.22. The number of hydrogen-bond donors (Lipinski definition) is 2. The summed E-state index contributed by atoms with van der Waals surface area (Å²) in [7, 11) is 1.66. The lowest BCUT2D eigenvalue weighted by molar-refractivity contribution is -0.128. The van der Waals surface area contributed by atoms with Crippen molar-refractivity contribution in [3.05, 3.63) is 19.2 Å². The van der Waals surface area contributed by atoms with Crippen molar-refractivity contribution in [3.8, 4) is 0 Å². The first-order valence-corrected chi connectivity index (χ1v) is 7.63. The zero-order valence-corrected chi connectivity index (χ0v) is 14.1. The van der Waals surface area contributed by atoms with Crippen LogP contribution in [0.2, 0.25) is 0 Å². The van der Waals surface area contributed by atoms with Gasteiger partial charge in [0.25, 0.3) is 0 Å². The highest BCUT2D eigenvalue weighted by Gasteiger charge is 2.25. The van der Waals surface area contributed by atoms with Crippen LogP contribution in [0, 0.1) is 5.41 Å². The molecule has 0 spiro atoms. The summed E-state index contributed by atoms with van der Waals surface area (Å²) in [5.74, 6) is 0.0542. The van der Waals surface area contributed by atoms with Crippen molar-refractivity contribution < 1.29 is 4.79 Å². The maximum Gasteiger partial charge on any atom is 0.226 e.